The smallest absolute Gasteiger partial charge is 0.157 e. The van der Waals surface area contributed by atoms with Crippen LogP contribution in [-0.2, 0) is 15.6 Å². The normalized spacial score (nSPS) is 13.6. The molecule has 0 amide bonds. The summed E-state index contributed by atoms with van der Waals surface area (Å²) in [7, 11) is -3.39. The average Bonchev–Trinajstić information content (AvgIpc) is 2.22. The van der Waals surface area contributed by atoms with Gasteiger partial charge in [-0.05, 0) is 30.5 Å². The van der Waals surface area contributed by atoms with Gasteiger partial charge in [-0.15, -0.1) is 0 Å². The number of aliphatic hydroxyl groups excluding tert-OH is 2. The summed E-state index contributed by atoms with van der Waals surface area (Å²) in [6.45, 7) is 3.35. The second-order valence-corrected chi connectivity index (χ2v) is 6.42. The van der Waals surface area contributed by atoms with Gasteiger partial charge in [0.15, 0.2) is 9.84 Å². The molecule has 5 heteroatoms. The first-order valence-electron chi connectivity index (χ1n) is 5.39. The highest BCUT2D eigenvalue weighted by atomic mass is 32.2. The van der Waals surface area contributed by atoms with Gasteiger partial charge in [0.1, 0.15) is 0 Å². The number of sulfone groups is 1. The Kier molecular flexibility index (Phi) is 4.68. The van der Waals surface area contributed by atoms with Crippen molar-refractivity contribution in [3.8, 4) is 0 Å². The van der Waals surface area contributed by atoms with Gasteiger partial charge in [0.25, 0.3) is 0 Å². The van der Waals surface area contributed by atoms with E-state index in [9.17, 15) is 8.42 Å². The van der Waals surface area contributed by atoms with Gasteiger partial charge in [-0.3, -0.25) is 0 Å². The van der Waals surface area contributed by atoms with E-state index in [1.165, 1.54) is 0 Å². The van der Waals surface area contributed by atoms with E-state index in [4.69, 9.17) is 10.2 Å². The monoisotopic (exact) mass is 258 g/mol. The zero-order valence-electron chi connectivity index (χ0n) is 10.0. The fraction of sp³-hybridized carbons (Fsp3) is 0.500. The third kappa shape index (κ3) is 4.46. The molecule has 1 aromatic rings. The highest BCUT2D eigenvalue weighted by molar-refractivity contribution is 7.90. The molecule has 1 unspecified atom stereocenters. The van der Waals surface area contributed by atoms with Crippen molar-refractivity contribution in [2.45, 2.75) is 25.7 Å². The standard InChI is InChI=1S/C12H18O4S/c1-9-3-4-11(5-10(9)2)7-17(15,16)8-12(14)6-13/h3-5,12-14H,6-8H2,1-2H3. The van der Waals surface area contributed by atoms with E-state index in [1.54, 1.807) is 6.07 Å². The molecule has 96 valence electrons. The third-order valence-corrected chi connectivity index (χ3v) is 4.28. The van der Waals surface area contributed by atoms with Gasteiger partial charge in [0.05, 0.1) is 24.2 Å². The van der Waals surface area contributed by atoms with Gasteiger partial charge in [-0.1, -0.05) is 18.2 Å². The van der Waals surface area contributed by atoms with Crippen LogP contribution in [0.25, 0.3) is 0 Å². The van der Waals surface area contributed by atoms with E-state index < -0.39 is 28.3 Å². The van der Waals surface area contributed by atoms with Gasteiger partial charge in [0.2, 0.25) is 0 Å². The van der Waals surface area contributed by atoms with Crippen molar-refractivity contribution in [3.63, 3.8) is 0 Å². The second-order valence-electron chi connectivity index (χ2n) is 4.31. The zero-order chi connectivity index (χ0) is 13.1. The van der Waals surface area contributed by atoms with Crippen LogP contribution in [-0.4, -0.2) is 37.1 Å². The minimum Gasteiger partial charge on any atom is -0.394 e. The van der Waals surface area contributed by atoms with Crippen molar-refractivity contribution in [1.82, 2.24) is 0 Å². The van der Waals surface area contributed by atoms with Crippen molar-refractivity contribution in [2.75, 3.05) is 12.4 Å². The Bertz CT molecular complexity index is 479. The maximum atomic E-state index is 11.7. The minimum absolute atomic E-state index is 0.106. The van der Waals surface area contributed by atoms with Gasteiger partial charge >= 0.3 is 0 Å². The van der Waals surface area contributed by atoms with Crippen LogP contribution >= 0.6 is 0 Å². The van der Waals surface area contributed by atoms with Crippen molar-refractivity contribution < 1.29 is 18.6 Å². The topological polar surface area (TPSA) is 74.6 Å². The van der Waals surface area contributed by atoms with Crippen molar-refractivity contribution in [1.29, 1.82) is 0 Å². The molecule has 0 aliphatic heterocycles. The van der Waals surface area contributed by atoms with Gasteiger partial charge in [-0.2, -0.15) is 0 Å². The summed E-state index contributed by atoms with van der Waals surface area (Å²) in [5, 5.41) is 17.8. The van der Waals surface area contributed by atoms with Crippen molar-refractivity contribution in [2.24, 2.45) is 0 Å². The van der Waals surface area contributed by atoms with Crippen LogP contribution < -0.4 is 0 Å². The molecule has 4 nitrogen and oxygen atoms in total. The van der Waals surface area contributed by atoms with Crippen molar-refractivity contribution in [3.05, 3.63) is 34.9 Å². The lowest BCUT2D eigenvalue weighted by atomic mass is 10.1. The molecule has 17 heavy (non-hydrogen) atoms. The summed E-state index contributed by atoms with van der Waals surface area (Å²) < 4.78 is 23.4. The molecule has 0 radical (unpaired) electrons. The van der Waals surface area contributed by atoms with E-state index in [0.29, 0.717) is 5.56 Å². The third-order valence-electron chi connectivity index (χ3n) is 2.61. The molecule has 0 aliphatic carbocycles. The fourth-order valence-corrected chi connectivity index (χ4v) is 3.05. The lowest BCUT2D eigenvalue weighted by molar-refractivity contribution is 0.112. The maximum absolute atomic E-state index is 11.7. The van der Waals surface area contributed by atoms with Crippen LogP contribution in [0.5, 0.6) is 0 Å². The molecule has 1 atom stereocenters. The average molecular weight is 258 g/mol. The maximum Gasteiger partial charge on any atom is 0.157 e. The quantitative estimate of drug-likeness (QED) is 0.810. The van der Waals surface area contributed by atoms with Crippen LogP contribution in [0.15, 0.2) is 18.2 Å². The second kappa shape index (κ2) is 5.62. The van der Waals surface area contributed by atoms with Crippen LogP contribution in [0.3, 0.4) is 0 Å². The van der Waals surface area contributed by atoms with E-state index in [0.717, 1.165) is 11.1 Å². The molecule has 1 aromatic carbocycles. The summed E-state index contributed by atoms with van der Waals surface area (Å²) in [6.07, 6.45) is -1.20. The first-order chi connectivity index (χ1) is 7.84. The first-order valence-corrected chi connectivity index (χ1v) is 7.21. The van der Waals surface area contributed by atoms with E-state index in [-0.39, 0.29) is 5.75 Å². The molecule has 1 rings (SSSR count). The summed E-state index contributed by atoms with van der Waals surface area (Å²) >= 11 is 0. The highest BCUT2D eigenvalue weighted by Crippen LogP contribution is 2.13. The van der Waals surface area contributed by atoms with E-state index >= 15 is 0 Å². The summed E-state index contributed by atoms with van der Waals surface area (Å²) in [5.41, 5.74) is 2.86. The number of rotatable bonds is 5. The Balaban J connectivity index is 2.80. The lowest BCUT2D eigenvalue weighted by Gasteiger charge is -2.09. The molecule has 0 bridgehead atoms. The van der Waals surface area contributed by atoms with Crippen molar-refractivity contribution >= 4 is 9.84 Å². The highest BCUT2D eigenvalue weighted by Gasteiger charge is 2.17. The Morgan fingerprint density at radius 2 is 1.88 bits per heavy atom. The lowest BCUT2D eigenvalue weighted by Crippen LogP contribution is -2.25. The molecule has 0 spiro atoms. The number of aliphatic hydroxyl groups is 2. The molecule has 0 heterocycles. The largest absolute Gasteiger partial charge is 0.394 e. The van der Waals surface area contributed by atoms with Crippen LogP contribution in [0.2, 0.25) is 0 Å². The molecule has 0 saturated carbocycles. The molecule has 2 N–H and O–H groups in total. The molecule has 0 aliphatic rings. The Morgan fingerprint density at radius 3 is 2.41 bits per heavy atom. The zero-order valence-corrected chi connectivity index (χ0v) is 10.9. The van der Waals surface area contributed by atoms with E-state index in [1.807, 2.05) is 26.0 Å². The summed E-state index contributed by atoms with van der Waals surface area (Å²) in [4.78, 5) is 0. The summed E-state index contributed by atoms with van der Waals surface area (Å²) in [5.74, 6) is -0.512. The van der Waals surface area contributed by atoms with Gasteiger partial charge in [0, 0.05) is 0 Å². The predicted octanol–water partition coefficient (Wildman–Crippen LogP) is 0.571. The van der Waals surface area contributed by atoms with Crippen LogP contribution in [0.1, 0.15) is 16.7 Å². The minimum atomic E-state index is -3.39. The number of hydrogen-bond acceptors (Lipinski definition) is 4. The predicted molar refractivity (Wildman–Crippen MR) is 66.5 cm³/mol. The first kappa shape index (κ1) is 14.2. The Morgan fingerprint density at radius 1 is 1.24 bits per heavy atom. The summed E-state index contributed by atoms with van der Waals surface area (Å²) in [6, 6.07) is 5.48. The van der Waals surface area contributed by atoms with Crippen LogP contribution in [0, 0.1) is 13.8 Å². The Labute approximate surface area is 102 Å². The molecule has 0 aromatic heterocycles. The SMILES string of the molecule is Cc1ccc(CS(=O)(=O)CC(O)CO)cc1C. The molecular weight excluding hydrogens is 240 g/mol. The number of benzene rings is 1. The number of hydrogen-bond donors (Lipinski definition) is 2. The van der Waals surface area contributed by atoms with Gasteiger partial charge in [-0.25, -0.2) is 8.42 Å². The molecular formula is C12H18O4S. The molecule has 0 fully saturated rings. The molecule has 0 saturated heterocycles. The fourth-order valence-electron chi connectivity index (χ4n) is 1.55. The number of aryl methyl sites for hydroxylation is 2. The van der Waals surface area contributed by atoms with Crippen LogP contribution in [0.4, 0.5) is 0 Å². The van der Waals surface area contributed by atoms with Gasteiger partial charge < -0.3 is 10.2 Å². The Hall–Kier alpha value is -0.910. The van der Waals surface area contributed by atoms with E-state index in [2.05, 4.69) is 0 Å².